The highest BCUT2D eigenvalue weighted by Gasteiger charge is 2.28. The maximum absolute atomic E-state index is 12.5. The van der Waals surface area contributed by atoms with Crippen molar-refractivity contribution >= 4 is 17.5 Å². The van der Waals surface area contributed by atoms with E-state index in [2.05, 4.69) is 16.7 Å². The molecule has 0 heterocycles. The molecule has 30 heavy (non-hydrogen) atoms. The number of anilines is 1. The van der Waals surface area contributed by atoms with Crippen LogP contribution in [0.2, 0.25) is 0 Å². The Bertz CT molecular complexity index is 928. The van der Waals surface area contributed by atoms with Gasteiger partial charge in [0.1, 0.15) is 6.54 Å². The van der Waals surface area contributed by atoms with Crippen molar-refractivity contribution in [3.05, 3.63) is 64.7 Å². The zero-order valence-electron chi connectivity index (χ0n) is 16.6. The molecule has 0 fully saturated rings. The Kier molecular flexibility index (Phi) is 6.64. The van der Waals surface area contributed by atoms with Crippen molar-refractivity contribution in [3.63, 3.8) is 0 Å². The van der Waals surface area contributed by atoms with E-state index in [0.717, 1.165) is 30.4 Å². The van der Waals surface area contributed by atoms with Crippen molar-refractivity contribution in [2.24, 2.45) is 0 Å². The van der Waals surface area contributed by atoms with Gasteiger partial charge in [-0.3, -0.25) is 9.59 Å². The molecule has 0 aromatic heterocycles. The summed E-state index contributed by atoms with van der Waals surface area (Å²) in [4.78, 5) is 24.4. The molecule has 8 heteroatoms. The fourth-order valence-electron chi connectivity index (χ4n) is 3.56. The van der Waals surface area contributed by atoms with Crippen LogP contribution in [-0.2, 0) is 11.2 Å². The average Bonchev–Trinajstić information content (AvgIpc) is 2.71. The van der Waals surface area contributed by atoms with E-state index in [0.29, 0.717) is 5.69 Å². The van der Waals surface area contributed by atoms with E-state index in [4.69, 9.17) is 0 Å². The van der Waals surface area contributed by atoms with Gasteiger partial charge in [0.05, 0.1) is 12.6 Å². The second-order valence-corrected chi connectivity index (χ2v) is 7.39. The maximum atomic E-state index is 12.5. The third kappa shape index (κ3) is 5.75. The minimum atomic E-state index is -4.47. The summed E-state index contributed by atoms with van der Waals surface area (Å²) in [6, 6.07) is 12.5. The number of hydrogen-bond acceptors (Lipinski definition) is 3. The average molecular weight is 419 g/mol. The summed E-state index contributed by atoms with van der Waals surface area (Å²) in [5.74, 6) is -1.01. The molecule has 3 rings (SSSR count). The number of benzene rings is 2. The Hall–Kier alpha value is -3.03. The van der Waals surface area contributed by atoms with E-state index < -0.39 is 18.6 Å². The number of carbonyl (C=O) groups excluding carboxylic acids is 2. The van der Waals surface area contributed by atoms with Crippen LogP contribution in [0.4, 0.5) is 18.9 Å². The van der Waals surface area contributed by atoms with Gasteiger partial charge in [0.2, 0.25) is 5.91 Å². The maximum Gasteiger partial charge on any atom is 0.405 e. The summed E-state index contributed by atoms with van der Waals surface area (Å²) in [5.41, 5.74) is 3.77. The van der Waals surface area contributed by atoms with Crippen molar-refractivity contribution in [2.45, 2.75) is 38.4 Å². The third-order valence-corrected chi connectivity index (χ3v) is 5.09. The first-order valence-electron chi connectivity index (χ1n) is 9.79. The van der Waals surface area contributed by atoms with E-state index in [1.165, 1.54) is 17.7 Å². The number of carbonyl (C=O) groups is 2. The minimum absolute atomic E-state index is 0.00682. The molecular weight excluding hydrogens is 395 g/mol. The molecule has 2 amide bonds. The molecule has 0 spiro atoms. The van der Waals surface area contributed by atoms with Gasteiger partial charge in [0, 0.05) is 11.3 Å². The molecule has 0 saturated carbocycles. The summed E-state index contributed by atoms with van der Waals surface area (Å²) >= 11 is 0. The number of amides is 2. The van der Waals surface area contributed by atoms with E-state index >= 15 is 0 Å². The summed E-state index contributed by atoms with van der Waals surface area (Å²) in [6.45, 7) is 0.385. The number of rotatable bonds is 6. The standard InChI is InChI=1S/C22H24F3N3O2/c1-14-9-10-16(21(30)27-13-22(23,24)25)11-19(14)26-12-20(29)28-18-8-4-6-15-5-2-3-7-17(15)18/h2-3,5,7,9-11,18,26H,4,6,8,12-13H2,1H3,(H,27,30)(H,28,29). The van der Waals surface area contributed by atoms with Crippen LogP contribution in [-0.4, -0.2) is 31.1 Å². The fraction of sp³-hybridized carbons (Fsp3) is 0.364. The summed E-state index contributed by atoms with van der Waals surface area (Å²) < 4.78 is 36.9. The van der Waals surface area contributed by atoms with Gasteiger partial charge in [-0.15, -0.1) is 0 Å². The monoisotopic (exact) mass is 419 g/mol. The van der Waals surface area contributed by atoms with E-state index in [9.17, 15) is 22.8 Å². The Labute approximate surface area is 173 Å². The van der Waals surface area contributed by atoms with E-state index in [1.807, 2.05) is 23.5 Å². The number of halogens is 3. The lowest BCUT2D eigenvalue weighted by molar-refractivity contribution is -0.123. The molecule has 1 aliphatic carbocycles. The molecule has 1 unspecified atom stereocenters. The van der Waals surface area contributed by atoms with Crippen LogP contribution in [0.15, 0.2) is 42.5 Å². The Morgan fingerprint density at radius 2 is 1.90 bits per heavy atom. The Balaban J connectivity index is 1.59. The van der Waals surface area contributed by atoms with Crippen LogP contribution in [0, 0.1) is 6.92 Å². The number of fused-ring (bicyclic) bond motifs is 1. The second kappa shape index (κ2) is 9.19. The number of nitrogens with one attached hydrogen (secondary N) is 3. The predicted octanol–water partition coefficient (Wildman–Crippen LogP) is 3.89. The molecule has 2 aromatic rings. The molecule has 2 aromatic carbocycles. The molecule has 0 saturated heterocycles. The van der Waals surface area contributed by atoms with Crippen molar-refractivity contribution in [1.82, 2.24) is 10.6 Å². The van der Waals surface area contributed by atoms with Crippen LogP contribution in [0.25, 0.3) is 0 Å². The summed E-state index contributed by atoms with van der Waals surface area (Å²) in [6.07, 6.45) is -1.60. The van der Waals surface area contributed by atoms with Crippen molar-refractivity contribution < 1.29 is 22.8 Å². The van der Waals surface area contributed by atoms with Gasteiger partial charge in [-0.1, -0.05) is 30.3 Å². The van der Waals surface area contributed by atoms with Gasteiger partial charge in [0.15, 0.2) is 0 Å². The fourth-order valence-corrected chi connectivity index (χ4v) is 3.56. The molecule has 0 radical (unpaired) electrons. The molecule has 1 aliphatic rings. The first-order chi connectivity index (χ1) is 14.2. The molecule has 160 valence electrons. The molecule has 3 N–H and O–H groups in total. The lowest BCUT2D eigenvalue weighted by atomic mass is 9.88. The highest BCUT2D eigenvalue weighted by atomic mass is 19.4. The van der Waals surface area contributed by atoms with E-state index in [1.54, 1.807) is 13.0 Å². The van der Waals surface area contributed by atoms with Gasteiger partial charge in [0.25, 0.3) is 5.91 Å². The van der Waals surface area contributed by atoms with Crippen LogP contribution in [0.5, 0.6) is 0 Å². The number of aryl methyl sites for hydroxylation is 2. The lowest BCUT2D eigenvalue weighted by Gasteiger charge is -2.26. The zero-order chi connectivity index (χ0) is 21.7. The van der Waals surface area contributed by atoms with Crippen LogP contribution >= 0.6 is 0 Å². The SMILES string of the molecule is Cc1ccc(C(=O)NCC(F)(F)F)cc1NCC(=O)NC1CCCc2ccccc21. The van der Waals surface area contributed by atoms with Crippen LogP contribution in [0.3, 0.4) is 0 Å². The summed E-state index contributed by atoms with van der Waals surface area (Å²) in [7, 11) is 0. The smallest absolute Gasteiger partial charge is 0.376 e. The Morgan fingerprint density at radius 1 is 1.13 bits per heavy atom. The molecule has 0 bridgehead atoms. The van der Waals surface area contributed by atoms with Crippen molar-refractivity contribution in [2.75, 3.05) is 18.4 Å². The van der Waals surface area contributed by atoms with Crippen molar-refractivity contribution in [1.29, 1.82) is 0 Å². The quantitative estimate of drug-likeness (QED) is 0.665. The first-order valence-corrected chi connectivity index (χ1v) is 9.79. The lowest BCUT2D eigenvalue weighted by Crippen LogP contribution is -2.35. The van der Waals surface area contributed by atoms with Gasteiger partial charge in [-0.2, -0.15) is 13.2 Å². The van der Waals surface area contributed by atoms with Crippen molar-refractivity contribution in [3.8, 4) is 0 Å². The molecular formula is C22H24F3N3O2. The topological polar surface area (TPSA) is 70.2 Å². The zero-order valence-corrected chi connectivity index (χ0v) is 16.6. The predicted molar refractivity (Wildman–Crippen MR) is 108 cm³/mol. The first kappa shape index (κ1) is 21.7. The largest absolute Gasteiger partial charge is 0.405 e. The van der Waals surface area contributed by atoms with Crippen LogP contribution in [0.1, 0.15) is 45.9 Å². The molecule has 1 atom stereocenters. The highest BCUT2D eigenvalue weighted by Crippen LogP contribution is 2.29. The Morgan fingerprint density at radius 3 is 2.67 bits per heavy atom. The molecule has 5 nitrogen and oxygen atoms in total. The minimum Gasteiger partial charge on any atom is -0.376 e. The third-order valence-electron chi connectivity index (χ3n) is 5.09. The van der Waals surface area contributed by atoms with E-state index in [-0.39, 0.29) is 24.1 Å². The highest BCUT2D eigenvalue weighted by molar-refractivity contribution is 5.95. The summed E-state index contributed by atoms with van der Waals surface area (Å²) in [5, 5.41) is 7.86. The molecule has 0 aliphatic heterocycles. The number of alkyl halides is 3. The van der Waals surface area contributed by atoms with Gasteiger partial charge in [-0.05, 0) is 55.0 Å². The number of hydrogen-bond donors (Lipinski definition) is 3. The second-order valence-electron chi connectivity index (χ2n) is 7.39. The van der Waals surface area contributed by atoms with Crippen LogP contribution < -0.4 is 16.0 Å². The van der Waals surface area contributed by atoms with Gasteiger partial charge >= 0.3 is 6.18 Å². The van der Waals surface area contributed by atoms with Gasteiger partial charge in [-0.25, -0.2) is 0 Å². The van der Waals surface area contributed by atoms with Gasteiger partial charge < -0.3 is 16.0 Å². The normalized spacial score (nSPS) is 15.8.